The topological polar surface area (TPSA) is 36.0 Å². The highest BCUT2D eigenvalue weighted by Crippen LogP contribution is 2.32. The fraction of sp³-hybridized carbons (Fsp3) is 0.591. The van der Waals surface area contributed by atoms with Crippen molar-refractivity contribution in [1.82, 2.24) is 14.7 Å². The Morgan fingerprint density at radius 3 is 2.63 bits per heavy atom. The summed E-state index contributed by atoms with van der Waals surface area (Å²) in [5.41, 5.74) is 1.32. The number of likely N-dealkylation sites (tertiary alicyclic amines) is 1. The van der Waals surface area contributed by atoms with Gasteiger partial charge >= 0.3 is 0 Å². The second-order valence-electron chi connectivity index (χ2n) is 7.78. The number of benzene rings is 1. The second-order valence-corrected chi connectivity index (χ2v) is 7.78. The Morgan fingerprint density at radius 2 is 1.93 bits per heavy atom. The molecule has 3 rings (SSSR count). The van der Waals surface area contributed by atoms with Crippen molar-refractivity contribution in [1.29, 1.82) is 0 Å². The molecule has 5 nitrogen and oxygen atoms in total. The minimum absolute atomic E-state index is 0.131. The van der Waals surface area contributed by atoms with Crippen molar-refractivity contribution in [3.8, 4) is 5.75 Å². The Labute approximate surface area is 163 Å². The number of nitrogens with zero attached hydrogens (tertiary/aromatic N) is 3. The zero-order chi connectivity index (χ0) is 19.3. The van der Waals surface area contributed by atoms with Crippen molar-refractivity contribution >= 4 is 12.0 Å². The van der Waals surface area contributed by atoms with E-state index in [4.69, 9.17) is 4.74 Å². The van der Waals surface area contributed by atoms with Gasteiger partial charge in [0.15, 0.2) is 0 Å². The molecule has 1 amide bonds. The first-order chi connectivity index (χ1) is 13.1. The first kappa shape index (κ1) is 19.9. The average Bonchev–Trinajstić information content (AvgIpc) is 2.85. The largest absolute Gasteiger partial charge is 0.497 e. The van der Waals surface area contributed by atoms with Crippen molar-refractivity contribution in [2.24, 2.45) is 0 Å². The van der Waals surface area contributed by atoms with Gasteiger partial charge in [-0.05, 0) is 44.5 Å². The van der Waals surface area contributed by atoms with E-state index < -0.39 is 0 Å². The molecule has 0 aliphatic carbocycles. The molecule has 0 aromatic heterocycles. The van der Waals surface area contributed by atoms with Gasteiger partial charge in [-0.15, -0.1) is 0 Å². The number of carbonyl (C=O) groups excluding carboxylic acids is 1. The molecule has 2 aliphatic heterocycles. The van der Waals surface area contributed by atoms with Crippen LogP contribution < -0.4 is 4.74 Å². The molecule has 1 aromatic carbocycles. The lowest BCUT2D eigenvalue weighted by atomic mass is 9.86. The lowest BCUT2D eigenvalue weighted by molar-refractivity contribution is -0.130. The molecule has 0 saturated carbocycles. The lowest BCUT2D eigenvalue weighted by Crippen LogP contribution is -2.61. The van der Waals surface area contributed by atoms with Crippen LogP contribution in [0.25, 0.3) is 6.08 Å². The monoisotopic (exact) mass is 371 g/mol. The van der Waals surface area contributed by atoms with Crippen LogP contribution >= 0.6 is 0 Å². The number of likely N-dealkylation sites (N-methyl/N-ethyl adjacent to an activating group) is 1. The second kappa shape index (κ2) is 8.89. The number of rotatable bonds is 5. The van der Waals surface area contributed by atoms with Gasteiger partial charge in [0.05, 0.1) is 7.11 Å². The molecule has 2 aliphatic rings. The summed E-state index contributed by atoms with van der Waals surface area (Å²) in [4.78, 5) is 19.4. The van der Waals surface area contributed by atoms with Crippen molar-refractivity contribution in [3.63, 3.8) is 0 Å². The molecular weight excluding hydrogens is 338 g/mol. The summed E-state index contributed by atoms with van der Waals surface area (Å²) in [6.45, 7) is 7.93. The Morgan fingerprint density at radius 1 is 1.15 bits per heavy atom. The van der Waals surface area contributed by atoms with Gasteiger partial charge in [0.25, 0.3) is 0 Å². The van der Waals surface area contributed by atoms with Crippen molar-refractivity contribution in [3.05, 3.63) is 35.9 Å². The Balaban J connectivity index is 1.61. The number of carbonyl (C=O) groups is 1. The number of piperazine rings is 1. The zero-order valence-corrected chi connectivity index (χ0v) is 17.0. The van der Waals surface area contributed by atoms with E-state index in [0.717, 1.165) is 57.9 Å². The lowest BCUT2D eigenvalue weighted by Gasteiger charge is -2.49. The molecule has 0 radical (unpaired) electrons. The van der Waals surface area contributed by atoms with Crippen LogP contribution in [0.1, 0.15) is 31.7 Å². The first-order valence-corrected chi connectivity index (χ1v) is 10.1. The normalized spacial score (nSPS) is 25.3. The van der Waals surface area contributed by atoms with E-state index in [1.807, 2.05) is 17.0 Å². The summed E-state index contributed by atoms with van der Waals surface area (Å²) >= 11 is 0. The number of hydrogen-bond donors (Lipinski definition) is 0. The maximum absolute atomic E-state index is 12.3. The molecule has 1 spiro atoms. The minimum atomic E-state index is 0.131. The predicted octanol–water partition coefficient (Wildman–Crippen LogP) is 2.73. The van der Waals surface area contributed by atoms with E-state index in [0.29, 0.717) is 12.3 Å². The van der Waals surface area contributed by atoms with Gasteiger partial charge in [0, 0.05) is 51.2 Å². The highest BCUT2D eigenvalue weighted by atomic mass is 16.5. The molecule has 1 aromatic rings. The minimum Gasteiger partial charge on any atom is -0.497 e. The van der Waals surface area contributed by atoms with Gasteiger partial charge in [-0.1, -0.05) is 24.3 Å². The molecule has 27 heavy (non-hydrogen) atoms. The number of amides is 1. The zero-order valence-electron chi connectivity index (χ0n) is 17.0. The average molecular weight is 372 g/mol. The fourth-order valence-electron chi connectivity index (χ4n) is 4.32. The summed E-state index contributed by atoms with van der Waals surface area (Å²) in [6.07, 6.45) is 7.15. The van der Waals surface area contributed by atoms with Crippen molar-refractivity contribution < 1.29 is 9.53 Å². The molecule has 2 fully saturated rings. The SMILES string of the molecule is CCN1CC[C@]2(CCC1=O)CN(C/C=C/c1ccc(OC)cc1)CCN2C. The highest BCUT2D eigenvalue weighted by molar-refractivity contribution is 5.76. The van der Waals surface area contributed by atoms with E-state index in [1.54, 1.807) is 7.11 Å². The van der Waals surface area contributed by atoms with E-state index in [1.165, 1.54) is 5.56 Å². The van der Waals surface area contributed by atoms with Crippen LogP contribution in [0.5, 0.6) is 5.75 Å². The summed E-state index contributed by atoms with van der Waals surface area (Å²) in [6, 6.07) is 8.15. The molecule has 0 bridgehead atoms. The van der Waals surface area contributed by atoms with Crippen LogP contribution in [0, 0.1) is 0 Å². The standard InChI is InChI=1S/C22H33N3O2/c1-4-25-15-13-22(12-11-21(25)26)18-24(17-16-23(22)2)14-5-6-19-7-9-20(27-3)10-8-19/h5-10H,4,11-18H2,1-3H3/b6-5+/t22-/m1/s1. The number of methoxy groups -OCH3 is 1. The van der Waals surface area contributed by atoms with Crippen LogP contribution in [-0.4, -0.2) is 79.6 Å². The summed E-state index contributed by atoms with van der Waals surface area (Å²) in [5.74, 6) is 1.21. The molecule has 1 atom stereocenters. The van der Waals surface area contributed by atoms with E-state index in [2.05, 4.69) is 48.1 Å². The fourth-order valence-corrected chi connectivity index (χ4v) is 4.32. The maximum Gasteiger partial charge on any atom is 0.222 e. The number of ether oxygens (including phenoxy) is 1. The molecule has 5 heteroatoms. The van der Waals surface area contributed by atoms with Gasteiger partial charge in [0.2, 0.25) is 5.91 Å². The number of hydrogen-bond acceptors (Lipinski definition) is 4. The van der Waals surface area contributed by atoms with Gasteiger partial charge in [-0.3, -0.25) is 14.6 Å². The third-order valence-corrected chi connectivity index (χ3v) is 6.25. The molecule has 0 N–H and O–H groups in total. The predicted molar refractivity (Wildman–Crippen MR) is 110 cm³/mol. The van der Waals surface area contributed by atoms with E-state index in [-0.39, 0.29) is 5.54 Å². The molecule has 2 saturated heterocycles. The maximum atomic E-state index is 12.3. The quantitative estimate of drug-likeness (QED) is 0.797. The van der Waals surface area contributed by atoms with E-state index >= 15 is 0 Å². The first-order valence-electron chi connectivity index (χ1n) is 10.1. The Bertz CT molecular complexity index is 658. The van der Waals surface area contributed by atoms with Gasteiger partial charge in [-0.2, -0.15) is 0 Å². The third kappa shape index (κ3) is 4.71. The van der Waals surface area contributed by atoms with Crippen LogP contribution in [0.15, 0.2) is 30.3 Å². The van der Waals surface area contributed by atoms with Crippen molar-refractivity contribution in [2.45, 2.75) is 31.7 Å². The van der Waals surface area contributed by atoms with Crippen molar-refractivity contribution in [2.75, 3.05) is 53.4 Å². The van der Waals surface area contributed by atoms with Gasteiger partial charge in [0.1, 0.15) is 5.75 Å². The molecule has 0 unspecified atom stereocenters. The van der Waals surface area contributed by atoms with E-state index in [9.17, 15) is 4.79 Å². The molecular formula is C22H33N3O2. The summed E-state index contributed by atoms with van der Waals surface area (Å²) < 4.78 is 5.21. The Kier molecular flexibility index (Phi) is 6.55. The van der Waals surface area contributed by atoms with Crippen LogP contribution in [-0.2, 0) is 4.79 Å². The van der Waals surface area contributed by atoms with Crippen LogP contribution in [0.3, 0.4) is 0 Å². The smallest absolute Gasteiger partial charge is 0.222 e. The third-order valence-electron chi connectivity index (χ3n) is 6.25. The molecule has 2 heterocycles. The van der Waals surface area contributed by atoms with Gasteiger partial charge < -0.3 is 9.64 Å². The molecule has 148 valence electrons. The van der Waals surface area contributed by atoms with Gasteiger partial charge in [-0.25, -0.2) is 0 Å². The van der Waals surface area contributed by atoms with Crippen LogP contribution in [0.4, 0.5) is 0 Å². The van der Waals surface area contributed by atoms with Crippen LogP contribution in [0.2, 0.25) is 0 Å². The Hall–Kier alpha value is -1.85. The summed E-state index contributed by atoms with van der Waals surface area (Å²) in [5, 5.41) is 0. The highest BCUT2D eigenvalue weighted by Gasteiger charge is 2.41. The summed E-state index contributed by atoms with van der Waals surface area (Å²) in [7, 11) is 3.92.